The minimum Gasteiger partial charge on any atom is -0.311 e. The first-order valence-electron chi connectivity index (χ1n) is 18.4. The molecule has 0 fully saturated rings. The maximum absolute atomic E-state index is 5.21. The van der Waals surface area contributed by atoms with Crippen molar-refractivity contribution in [3.63, 3.8) is 0 Å². The zero-order valence-electron chi connectivity index (χ0n) is 29.3. The normalized spacial score (nSPS) is 13.4. The largest absolute Gasteiger partial charge is 0.311 e. The fourth-order valence-corrected chi connectivity index (χ4v) is 9.28. The Balaban J connectivity index is 1.25. The minimum atomic E-state index is -0.0332. The van der Waals surface area contributed by atoms with Crippen molar-refractivity contribution in [3.8, 4) is 0 Å². The van der Waals surface area contributed by atoms with Crippen LogP contribution in [0.3, 0.4) is 0 Å². The molecule has 0 spiro atoms. The Bertz CT molecular complexity index is 3140. The summed E-state index contributed by atoms with van der Waals surface area (Å²) < 4.78 is 0. The van der Waals surface area contributed by atoms with Gasteiger partial charge in [-0.25, -0.2) is 9.97 Å². The minimum absolute atomic E-state index is 0.0332. The summed E-state index contributed by atoms with van der Waals surface area (Å²) in [6, 6.07) is 56.0. The molecular weight excluding hydrogens is 643 g/mol. The van der Waals surface area contributed by atoms with Crippen LogP contribution < -0.4 is 26.2 Å². The van der Waals surface area contributed by atoms with Crippen molar-refractivity contribution in [1.29, 1.82) is 0 Å². The predicted molar refractivity (Wildman–Crippen MR) is 224 cm³/mol. The van der Waals surface area contributed by atoms with Crippen LogP contribution in [0.15, 0.2) is 152 Å². The van der Waals surface area contributed by atoms with Crippen LogP contribution in [-0.4, -0.2) is 16.7 Å². The van der Waals surface area contributed by atoms with Gasteiger partial charge in [0.05, 0.1) is 22.1 Å². The number of aromatic nitrogens is 2. The third kappa shape index (κ3) is 3.96. The molecule has 0 amide bonds. The first-order chi connectivity index (χ1) is 26.1. The third-order valence-electron chi connectivity index (χ3n) is 11.6. The van der Waals surface area contributed by atoms with Crippen LogP contribution in [-0.2, 0) is 0 Å². The van der Waals surface area contributed by atoms with Gasteiger partial charge in [-0.05, 0) is 118 Å². The number of para-hydroxylation sites is 2. The van der Waals surface area contributed by atoms with Crippen LogP contribution >= 0.6 is 0 Å². The lowest BCUT2D eigenvalue weighted by molar-refractivity contribution is 1.25. The van der Waals surface area contributed by atoms with Gasteiger partial charge in [0.15, 0.2) is 0 Å². The van der Waals surface area contributed by atoms with E-state index in [2.05, 4.69) is 163 Å². The van der Waals surface area contributed by atoms with Gasteiger partial charge >= 0.3 is 0 Å². The number of aryl methyl sites for hydroxylation is 2. The van der Waals surface area contributed by atoms with Gasteiger partial charge in [0, 0.05) is 39.5 Å². The van der Waals surface area contributed by atoms with Gasteiger partial charge in [-0.2, -0.15) is 0 Å². The van der Waals surface area contributed by atoms with E-state index < -0.39 is 0 Å². The average molecular weight is 675 g/mol. The Morgan fingerprint density at radius 3 is 1.72 bits per heavy atom. The molecule has 0 unspecified atom stereocenters. The monoisotopic (exact) mass is 674 g/mol. The summed E-state index contributed by atoms with van der Waals surface area (Å²) in [6.45, 7) is 4.28. The summed E-state index contributed by atoms with van der Waals surface area (Å²) in [4.78, 5) is 15.4. The van der Waals surface area contributed by atoms with E-state index in [1.807, 2.05) is 12.1 Å². The highest BCUT2D eigenvalue weighted by molar-refractivity contribution is 7.00. The summed E-state index contributed by atoms with van der Waals surface area (Å²) >= 11 is 0. The van der Waals surface area contributed by atoms with Crippen LogP contribution in [0.2, 0.25) is 0 Å². The Morgan fingerprint density at radius 1 is 0.434 bits per heavy atom. The molecule has 246 valence electrons. The number of hydrogen-bond donors (Lipinski definition) is 0. The van der Waals surface area contributed by atoms with Crippen molar-refractivity contribution in [3.05, 3.63) is 163 Å². The molecule has 5 heteroatoms. The molecule has 53 heavy (non-hydrogen) atoms. The number of nitrogens with zero attached hydrogens (tertiary/aromatic N) is 4. The van der Waals surface area contributed by atoms with E-state index in [1.54, 1.807) is 0 Å². The molecule has 2 aliphatic rings. The third-order valence-corrected chi connectivity index (χ3v) is 11.6. The van der Waals surface area contributed by atoms with Gasteiger partial charge < -0.3 is 9.80 Å². The van der Waals surface area contributed by atoms with E-state index in [0.717, 1.165) is 39.1 Å². The fourth-order valence-electron chi connectivity index (χ4n) is 9.28. The van der Waals surface area contributed by atoms with E-state index in [1.165, 1.54) is 76.9 Å². The highest BCUT2D eigenvalue weighted by Crippen LogP contribution is 2.48. The van der Waals surface area contributed by atoms with Gasteiger partial charge in [0.25, 0.3) is 6.71 Å². The summed E-state index contributed by atoms with van der Waals surface area (Å²) in [6.07, 6.45) is 0. The van der Waals surface area contributed by atoms with Crippen molar-refractivity contribution in [2.24, 2.45) is 0 Å². The van der Waals surface area contributed by atoms with Crippen molar-refractivity contribution in [1.82, 2.24) is 9.97 Å². The molecule has 0 radical (unpaired) electrons. The number of anilines is 6. The molecule has 0 saturated carbocycles. The van der Waals surface area contributed by atoms with Gasteiger partial charge in [0.1, 0.15) is 0 Å². The lowest BCUT2D eigenvalue weighted by Gasteiger charge is -2.44. The molecule has 0 N–H and O–H groups in total. The van der Waals surface area contributed by atoms with Crippen LogP contribution in [0.25, 0.3) is 54.4 Å². The molecule has 2 aliphatic heterocycles. The van der Waals surface area contributed by atoms with Crippen LogP contribution in [0.1, 0.15) is 11.1 Å². The predicted octanol–water partition coefficient (Wildman–Crippen LogP) is 10.4. The molecule has 0 saturated heterocycles. The highest BCUT2D eigenvalue weighted by atomic mass is 15.2. The standard InChI is InChI=1S/C48H31BN4/c1-28-13-20-33(21-14-28)52-42-11-6-12-43-47(42)49(36-26-40-41(27-44(36)52)51-39-10-4-3-9-38(39)50-40)37-25-32-18-17-30-7-5-8-31-19-24-35(46(32)45(30)31)48(37)53(43)34-22-15-29(2)16-23-34/h3-27H,1-2H3. The quantitative estimate of drug-likeness (QED) is 0.104. The summed E-state index contributed by atoms with van der Waals surface area (Å²) in [5.74, 6) is 0. The van der Waals surface area contributed by atoms with E-state index >= 15 is 0 Å². The average Bonchev–Trinajstić information content (AvgIpc) is 3.19. The Kier molecular flexibility index (Phi) is 5.69. The molecule has 0 aliphatic carbocycles. The van der Waals surface area contributed by atoms with Crippen molar-refractivity contribution in [2.45, 2.75) is 13.8 Å². The Hall–Kier alpha value is -6.72. The van der Waals surface area contributed by atoms with E-state index in [0.29, 0.717) is 0 Å². The second-order valence-electron chi connectivity index (χ2n) is 14.8. The maximum Gasteiger partial charge on any atom is 0.252 e. The summed E-state index contributed by atoms with van der Waals surface area (Å²) in [5, 5.41) is 7.74. The summed E-state index contributed by atoms with van der Waals surface area (Å²) in [7, 11) is 0. The molecule has 12 rings (SSSR count). The van der Waals surface area contributed by atoms with Crippen LogP contribution in [0.4, 0.5) is 34.1 Å². The van der Waals surface area contributed by atoms with Crippen LogP contribution in [0.5, 0.6) is 0 Å². The van der Waals surface area contributed by atoms with E-state index in [-0.39, 0.29) is 6.71 Å². The Labute approximate surface area is 307 Å². The zero-order valence-corrected chi connectivity index (χ0v) is 29.3. The first-order valence-corrected chi connectivity index (χ1v) is 18.4. The zero-order chi connectivity index (χ0) is 34.9. The SMILES string of the molecule is Cc1ccc(N2c3cc4nc5ccccc5nc4cc3B3c4cc5ccc6cccc7ccc(c4N(c4ccc(C)cc4)c4cccc2c43)c5c67)cc1. The molecule has 0 atom stereocenters. The molecule has 0 bridgehead atoms. The van der Waals surface area contributed by atoms with Crippen LogP contribution in [0, 0.1) is 13.8 Å². The highest BCUT2D eigenvalue weighted by Gasteiger charge is 2.44. The number of hydrogen-bond acceptors (Lipinski definition) is 4. The lowest BCUT2D eigenvalue weighted by Crippen LogP contribution is -2.61. The molecule has 10 aromatic rings. The van der Waals surface area contributed by atoms with Crippen molar-refractivity contribution < 1.29 is 0 Å². The second kappa shape index (κ2) is 10.4. The molecule has 4 nitrogen and oxygen atoms in total. The molecule has 9 aromatic carbocycles. The maximum atomic E-state index is 5.21. The van der Waals surface area contributed by atoms with Gasteiger partial charge in [0.2, 0.25) is 0 Å². The summed E-state index contributed by atoms with van der Waals surface area (Å²) in [5.41, 5.74) is 17.0. The van der Waals surface area contributed by atoms with E-state index in [9.17, 15) is 0 Å². The topological polar surface area (TPSA) is 32.3 Å². The van der Waals surface area contributed by atoms with Gasteiger partial charge in [-0.1, -0.05) is 102 Å². The Morgan fingerprint density at radius 2 is 1.02 bits per heavy atom. The van der Waals surface area contributed by atoms with Gasteiger partial charge in [-0.15, -0.1) is 0 Å². The number of rotatable bonds is 2. The van der Waals surface area contributed by atoms with Gasteiger partial charge in [-0.3, -0.25) is 0 Å². The first kappa shape index (κ1) is 28.9. The lowest BCUT2D eigenvalue weighted by atomic mass is 9.33. The molecule has 3 heterocycles. The smallest absolute Gasteiger partial charge is 0.252 e. The number of fused-ring (bicyclic) bond motifs is 7. The second-order valence-corrected chi connectivity index (χ2v) is 14.8. The number of benzene rings is 9. The van der Waals surface area contributed by atoms with E-state index in [4.69, 9.17) is 9.97 Å². The molecular formula is C48H31BN4. The van der Waals surface area contributed by atoms with Crippen molar-refractivity contribution in [2.75, 3.05) is 9.80 Å². The fraction of sp³-hybridized carbons (Fsp3) is 0.0417. The molecule has 1 aromatic heterocycles. The van der Waals surface area contributed by atoms with Crippen molar-refractivity contribution >= 4 is 112 Å².